The number of phenols is 1. The van der Waals surface area contributed by atoms with E-state index in [2.05, 4.69) is 10.2 Å². The first-order valence-electron chi connectivity index (χ1n) is 8.74. The number of phenolic OH excluding ortho intramolecular Hbond substituents is 1. The van der Waals surface area contributed by atoms with Gasteiger partial charge in [-0.25, -0.2) is 8.42 Å². The summed E-state index contributed by atoms with van der Waals surface area (Å²) in [4.78, 5) is 15.8. The highest BCUT2D eigenvalue weighted by Crippen LogP contribution is 2.26. The highest BCUT2D eigenvalue weighted by atomic mass is 32.2. The summed E-state index contributed by atoms with van der Waals surface area (Å²) in [5, 5.41) is 12.9. The van der Waals surface area contributed by atoms with Crippen molar-refractivity contribution in [2.45, 2.75) is 25.4 Å². The number of sulfone groups is 1. The fraction of sp³-hybridized carbons (Fsp3) is 0.588. The van der Waals surface area contributed by atoms with Crippen molar-refractivity contribution in [3.05, 3.63) is 24.3 Å². The summed E-state index contributed by atoms with van der Waals surface area (Å²) in [6.45, 7) is 5.02. The number of amides is 1. The predicted octanol–water partition coefficient (Wildman–Crippen LogP) is -1.21. The SMILES string of the molecule is C[C@@H](C(=O)N[C@@H]1CCS(=O)(=O)C1)[NH+]1CCN(c2ccccc2O)CC1. The maximum absolute atomic E-state index is 12.4. The van der Waals surface area contributed by atoms with E-state index in [1.165, 1.54) is 4.90 Å². The first kappa shape index (κ1) is 18.0. The Morgan fingerprint density at radius 1 is 1.32 bits per heavy atom. The van der Waals surface area contributed by atoms with Gasteiger partial charge in [0.25, 0.3) is 5.91 Å². The third-order valence-electron chi connectivity index (χ3n) is 5.21. The van der Waals surface area contributed by atoms with Crippen LogP contribution in [0, 0.1) is 0 Å². The van der Waals surface area contributed by atoms with Crippen molar-refractivity contribution in [3.8, 4) is 5.75 Å². The number of nitrogens with one attached hydrogen (secondary N) is 2. The Morgan fingerprint density at radius 3 is 2.60 bits per heavy atom. The highest BCUT2D eigenvalue weighted by molar-refractivity contribution is 7.91. The molecule has 0 unspecified atom stereocenters. The van der Waals surface area contributed by atoms with Crippen LogP contribution >= 0.6 is 0 Å². The van der Waals surface area contributed by atoms with Crippen LogP contribution in [0.5, 0.6) is 5.75 Å². The summed E-state index contributed by atoms with van der Waals surface area (Å²) in [6.07, 6.45) is 0.511. The van der Waals surface area contributed by atoms with Crippen molar-refractivity contribution in [1.29, 1.82) is 0 Å². The van der Waals surface area contributed by atoms with Gasteiger partial charge in [0.1, 0.15) is 5.75 Å². The fourth-order valence-corrected chi connectivity index (χ4v) is 5.29. The molecule has 7 nitrogen and oxygen atoms in total. The monoisotopic (exact) mass is 368 g/mol. The molecular formula is C17H26N3O4S+. The lowest BCUT2D eigenvalue weighted by molar-refractivity contribution is -0.914. The lowest BCUT2D eigenvalue weighted by Gasteiger charge is -2.36. The normalized spacial score (nSPS) is 24.8. The molecule has 0 radical (unpaired) electrons. The Balaban J connectivity index is 1.52. The summed E-state index contributed by atoms with van der Waals surface area (Å²) in [5.41, 5.74) is 0.829. The smallest absolute Gasteiger partial charge is 0.278 e. The summed E-state index contributed by atoms with van der Waals surface area (Å²) >= 11 is 0. The number of carbonyl (C=O) groups excluding carboxylic acids is 1. The minimum atomic E-state index is -2.99. The van der Waals surface area contributed by atoms with Crippen LogP contribution in [0.25, 0.3) is 0 Å². The van der Waals surface area contributed by atoms with E-state index < -0.39 is 9.84 Å². The molecule has 0 bridgehead atoms. The van der Waals surface area contributed by atoms with Crippen LogP contribution < -0.4 is 15.1 Å². The third-order valence-corrected chi connectivity index (χ3v) is 6.98. The molecule has 1 amide bonds. The minimum absolute atomic E-state index is 0.0574. The second-order valence-corrected chi connectivity index (χ2v) is 9.19. The summed E-state index contributed by atoms with van der Waals surface area (Å²) in [5.74, 6) is 0.424. The number of hydrogen-bond donors (Lipinski definition) is 3. The van der Waals surface area contributed by atoms with E-state index in [1.807, 2.05) is 19.1 Å². The minimum Gasteiger partial charge on any atom is -0.506 e. The van der Waals surface area contributed by atoms with Crippen LogP contribution in [-0.2, 0) is 14.6 Å². The van der Waals surface area contributed by atoms with Gasteiger partial charge in [0, 0.05) is 6.04 Å². The molecule has 3 rings (SSSR count). The van der Waals surface area contributed by atoms with E-state index in [0.717, 1.165) is 31.9 Å². The number of rotatable bonds is 4. The van der Waals surface area contributed by atoms with Crippen LogP contribution in [0.1, 0.15) is 13.3 Å². The largest absolute Gasteiger partial charge is 0.506 e. The maximum atomic E-state index is 12.4. The molecule has 0 aromatic heterocycles. The zero-order valence-corrected chi connectivity index (χ0v) is 15.3. The molecule has 2 aliphatic heterocycles. The van der Waals surface area contributed by atoms with Crippen LogP contribution in [0.4, 0.5) is 5.69 Å². The van der Waals surface area contributed by atoms with E-state index in [0.29, 0.717) is 6.42 Å². The van der Waals surface area contributed by atoms with Crippen molar-refractivity contribution in [2.75, 3.05) is 42.6 Å². The summed E-state index contributed by atoms with van der Waals surface area (Å²) in [6, 6.07) is 6.82. The number of aromatic hydroxyl groups is 1. The van der Waals surface area contributed by atoms with E-state index in [1.54, 1.807) is 12.1 Å². The topological polar surface area (TPSA) is 91.2 Å². The van der Waals surface area contributed by atoms with Crippen molar-refractivity contribution >= 4 is 21.4 Å². The number of para-hydroxylation sites is 2. The Hall–Kier alpha value is -1.80. The van der Waals surface area contributed by atoms with E-state index in [4.69, 9.17) is 0 Å². The number of hydrogen-bond acceptors (Lipinski definition) is 5. The van der Waals surface area contributed by atoms with Crippen LogP contribution in [0.3, 0.4) is 0 Å². The first-order valence-corrected chi connectivity index (χ1v) is 10.6. The van der Waals surface area contributed by atoms with Gasteiger partial charge >= 0.3 is 0 Å². The number of piperazine rings is 1. The molecule has 0 spiro atoms. The molecule has 2 fully saturated rings. The molecule has 2 aliphatic rings. The quantitative estimate of drug-likeness (QED) is 0.620. The van der Waals surface area contributed by atoms with Gasteiger partial charge in [0.05, 0.1) is 43.4 Å². The standard InChI is InChI=1S/C17H25N3O4S/c1-13(17(22)18-14-6-11-25(23,24)12-14)19-7-9-20(10-8-19)15-4-2-3-5-16(15)21/h2-5,13-14,21H,6-12H2,1H3,(H,18,22)/p+1/t13-,14+/m0/s1. The number of quaternary nitrogens is 1. The summed E-state index contributed by atoms with van der Waals surface area (Å²) in [7, 11) is -2.99. The number of nitrogens with zero attached hydrogens (tertiary/aromatic N) is 1. The molecule has 0 aliphatic carbocycles. The molecule has 2 heterocycles. The van der Waals surface area contributed by atoms with Gasteiger partial charge in [-0.2, -0.15) is 0 Å². The maximum Gasteiger partial charge on any atom is 0.278 e. The molecule has 2 saturated heterocycles. The Bertz CT molecular complexity index is 729. The van der Waals surface area contributed by atoms with E-state index >= 15 is 0 Å². The van der Waals surface area contributed by atoms with Gasteiger partial charge in [0.2, 0.25) is 0 Å². The number of anilines is 1. The predicted molar refractivity (Wildman–Crippen MR) is 95.7 cm³/mol. The molecular weight excluding hydrogens is 342 g/mol. The van der Waals surface area contributed by atoms with Gasteiger partial charge in [-0.1, -0.05) is 12.1 Å². The lowest BCUT2D eigenvalue weighted by Crippen LogP contribution is -3.19. The van der Waals surface area contributed by atoms with Gasteiger partial charge in [-0.05, 0) is 25.5 Å². The second kappa shape index (κ2) is 7.21. The zero-order chi connectivity index (χ0) is 18.0. The summed E-state index contributed by atoms with van der Waals surface area (Å²) < 4.78 is 23.0. The molecule has 1 aromatic carbocycles. The van der Waals surface area contributed by atoms with Crippen LogP contribution in [-0.4, -0.2) is 69.2 Å². The second-order valence-electron chi connectivity index (χ2n) is 6.96. The van der Waals surface area contributed by atoms with Crippen LogP contribution in [0.15, 0.2) is 24.3 Å². The molecule has 8 heteroatoms. The third kappa shape index (κ3) is 4.24. The van der Waals surface area contributed by atoms with Crippen molar-refractivity contribution < 1.29 is 23.2 Å². The Labute approximate surface area is 148 Å². The highest BCUT2D eigenvalue weighted by Gasteiger charge is 2.34. The zero-order valence-electron chi connectivity index (χ0n) is 14.4. The van der Waals surface area contributed by atoms with Gasteiger partial charge < -0.3 is 20.2 Å². The fourth-order valence-electron chi connectivity index (χ4n) is 3.62. The van der Waals surface area contributed by atoms with Gasteiger partial charge in [-0.15, -0.1) is 0 Å². The average molecular weight is 368 g/mol. The van der Waals surface area contributed by atoms with E-state index in [9.17, 15) is 18.3 Å². The van der Waals surface area contributed by atoms with Gasteiger partial charge in [0.15, 0.2) is 15.9 Å². The Kier molecular flexibility index (Phi) is 5.19. The molecule has 1 aromatic rings. The Morgan fingerprint density at radius 2 is 2.00 bits per heavy atom. The molecule has 25 heavy (non-hydrogen) atoms. The number of carbonyl (C=O) groups is 1. The van der Waals surface area contributed by atoms with Crippen molar-refractivity contribution in [3.63, 3.8) is 0 Å². The first-order chi connectivity index (χ1) is 11.9. The molecule has 138 valence electrons. The van der Waals surface area contributed by atoms with Gasteiger partial charge in [-0.3, -0.25) is 4.79 Å². The molecule has 3 N–H and O–H groups in total. The lowest BCUT2D eigenvalue weighted by atomic mass is 10.1. The van der Waals surface area contributed by atoms with Crippen molar-refractivity contribution in [1.82, 2.24) is 5.32 Å². The number of benzene rings is 1. The van der Waals surface area contributed by atoms with Crippen LogP contribution in [0.2, 0.25) is 0 Å². The van der Waals surface area contributed by atoms with Crippen molar-refractivity contribution in [2.24, 2.45) is 0 Å². The molecule has 2 atom stereocenters. The average Bonchev–Trinajstić information content (AvgIpc) is 2.93. The van der Waals surface area contributed by atoms with E-state index in [-0.39, 0.29) is 35.2 Å². The molecule has 0 saturated carbocycles.